The molecule has 0 saturated carbocycles. The maximum atomic E-state index is 13.5. The van der Waals surface area contributed by atoms with Crippen molar-refractivity contribution in [2.24, 2.45) is 0 Å². The van der Waals surface area contributed by atoms with E-state index in [2.05, 4.69) is 10.6 Å². The van der Waals surface area contributed by atoms with Gasteiger partial charge in [0, 0.05) is 34.8 Å². The van der Waals surface area contributed by atoms with Gasteiger partial charge in [0.2, 0.25) is 5.91 Å². The van der Waals surface area contributed by atoms with Gasteiger partial charge < -0.3 is 34.7 Å². The summed E-state index contributed by atoms with van der Waals surface area (Å²) in [5, 5.41) is 17.0. The number of hydrogen-bond acceptors (Lipinski definition) is 9. The van der Waals surface area contributed by atoms with E-state index in [0.29, 0.717) is 30.0 Å². The molecule has 2 aromatic carbocycles. The molecule has 3 N–H and O–H groups in total. The molecular weight excluding hydrogens is 590 g/mol. The summed E-state index contributed by atoms with van der Waals surface area (Å²) < 4.78 is 12.3. The van der Waals surface area contributed by atoms with Gasteiger partial charge >= 0.3 is 12.1 Å². The minimum Gasteiger partial charge on any atom is -0.458 e. The summed E-state index contributed by atoms with van der Waals surface area (Å²) >= 11 is 0. The van der Waals surface area contributed by atoms with Gasteiger partial charge in [0.05, 0.1) is 35.6 Å². The first-order valence-corrected chi connectivity index (χ1v) is 15.1. The average molecular weight is 626 g/mol. The quantitative estimate of drug-likeness (QED) is 0.210. The number of ether oxygens (including phenoxy) is 2. The Kier molecular flexibility index (Phi) is 8.57. The monoisotopic (exact) mass is 625 g/mol. The van der Waals surface area contributed by atoms with Crippen molar-refractivity contribution in [3.05, 3.63) is 92.8 Å². The Hall–Kier alpha value is -5.07. The van der Waals surface area contributed by atoms with E-state index in [1.54, 1.807) is 46.8 Å². The highest BCUT2D eigenvalue weighted by molar-refractivity contribution is 5.92. The number of carbonyl (C=O) groups is 3. The van der Waals surface area contributed by atoms with Crippen LogP contribution in [0.3, 0.4) is 0 Å². The Bertz CT molecular complexity index is 1900. The lowest BCUT2D eigenvalue weighted by atomic mass is 9.97. The molecule has 0 fully saturated rings. The first kappa shape index (κ1) is 30.9. The Morgan fingerprint density at radius 1 is 1.13 bits per heavy atom. The fourth-order valence-electron chi connectivity index (χ4n) is 6.02. The average Bonchev–Trinajstić information content (AvgIpc) is 3.41. The van der Waals surface area contributed by atoms with Crippen LogP contribution < -0.4 is 16.2 Å². The zero-order valence-electron chi connectivity index (χ0n) is 25.8. The van der Waals surface area contributed by atoms with Crippen LogP contribution in [0.1, 0.15) is 47.8 Å². The van der Waals surface area contributed by atoms with Crippen LogP contribution in [0.4, 0.5) is 10.5 Å². The lowest BCUT2D eigenvalue weighted by Crippen LogP contribution is -2.39. The van der Waals surface area contributed by atoms with Gasteiger partial charge in [-0.1, -0.05) is 30.3 Å². The second kappa shape index (κ2) is 12.7. The highest BCUT2D eigenvalue weighted by Gasteiger charge is 2.35. The van der Waals surface area contributed by atoms with E-state index in [0.717, 1.165) is 27.6 Å². The molecular formula is C34H35N5O7. The molecule has 0 aliphatic carbocycles. The number of cyclic esters (lactones) is 1. The Balaban J connectivity index is 1.23. The number of esters is 1. The number of fused-ring (bicyclic) bond motifs is 5. The molecule has 238 valence electrons. The number of amides is 2. The molecule has 46 heavy (non-hydrogen) atoms. The zero-order chi connectivity index (χ0) is 32.5. The van der Waals surface area contributed by atoms with E-state index in [-0.39, 0.29) is 54.9 Å². The molecule has 2 aliphatic rings. The van der Waals surface area contributed by atoms with E-state index in [9.17, 15) is 24.3 Å². The number of likely N-dealkylation sites (N-methyl/N-ethyl adjacent to an activating group) is 1. The van der Waals surface area contributed by atoms with Crippen molar-refractivity contribution >= 4 is 34.6 Å². The maximum absolute atomic E-state index is 13.5. The molecule has 1 unspecified atom stereocenters. The first-order chi connectivity index (χ1) is 22.2. The minimum atomic E-state index is -1.53. The molecule has 0 saturated heterocycles. The lowest BCUT2D eigenvalue weighted by Gasteiger charge is -2.26. The van der Waals surface area contributed by atoms with Crippen molar-refractivity contribution in [2.45, 2.75) is 52.2 Å². The fraction of sp³-hybridized carbons (Fsp3) is 0.324. The molecule has 12 heteroatoms. The molecule has 0 bridgehead atoms. The Morgan fingerprint density at radius 2 is 1.89 bits per heavy atom. The van der Waals surface area contributed by atoms with Crippen molar-refractivity contribution in [3.8, 4) is 11.4 Å². The van der Waals surface area contributed by atoms with Crippen LogP contribution in [0.5, 0.6) is 0 Å². The number of carbonyl (C=O) groups excluding carboxylic acids is 3. The van der Waals surface area contributed by atoms with Gasteiger partial charge in [-0.25, -0.2) is 14.6 Å². The SMILES string of the molecule is CNCC(=O)Nc1ccc(COC(=O)N(CCc2c3c(nc4ccccc24)-c2cc4c(c(=O)n2C3)COC(=O)C4O)C(C)C)cc1. The summed E-state index contributed by atoms with van der Waals surface area (Å²) in [5.41, 5.74) is 5.32. The summed E-state index contributed by atoms with van der Waals surface area (Å²) in [6.45, 7) is 4.56. The summed E-state index contributed by atoms with van der Waals surface area (Å²) in [7, 11) is 1.70. The van der Waals surface area contributed by atoms with E-state index >= 15 is 0 Å². The van der Waals surface area contributed by atoms with Crippen LogP contribution in [0.2, 0.25) is 0 Å². The number of benzene rings is 2. The largest absolute Gasteiger partial charge is 0.458 e. The van der Waals surface area contributed by atoms with E-state index < -0.39 is 18.2 Å². The van der Waals surface area contributed by atoms with Crippen LogP contribution in [0.25, 0.3) is 22.3 Å². The first-order valence-electron chi connectivity index (χ1n) is 15.1. The molecule has 4 aromatic rings. The van der Waals surface area contributed by atoms with Gasteiger partial charge in [-0.3, -0.25) is 9.59 Å². The van der Waals surface area contributed by atoms with Gasteiger partial charge in [0.1, 0.15) is 13.2 Å². The molecule has 1 atom stereocenters. The molecule has 6 rings (SSSR count). The van der Waals surface area contributed by atoms with Crippen LogP contribution in [0, 0.1) is 0 Å². The van der Waals surface area contributed by atoms with Crippen molar-refractivity contribution in [2.75, 3.05) is 25.5 Å². The minimum absolute atomic E-state index is 0.0708. The van der Waals surface area contributed by atoms with Crippen molar-refractivity contribution < 1.29 is 29.0 Å². The number of pyridine rings is 2. The third-order valence-corrected chi connectivity index (χ3v) is 8.38. The zero-order valence-corrected chi connectivity index (χ0v) is 25.8. The number of nitrogens with one attached hydrogen (secondary N) is 2. The molecule has 2 aromatic heterocycles. The number of rotatable bonds is 9. The van der Waals surface area contributed by atoms with E-state index in [1.807, 2.05) is 38.1 Å². The van der Waals surface area contributed by atoms with E-state index in [1.165, 1.54) is 0 Å². The number of aromatic nitrogens is 2. The highest BCUT2D eigenvalue weighted by atomic mass is 16.6. The van der Waals surface area contributed by atoms with Crippen molar-refractivity contribution in [3.63, 3.8) is 0 Å². The summed E-state index contributed by atoms with van der Waals surface area (Å²) in [4.78, 5) is 57.2. The summed E-state index contributed by atoms with van der Waals surface area (Å²) in [5.74, 6) is -0.935. The topological polar surface area (TPSA) is 152 Å². The maximum Gasteiger partial charge on any atom is 0.410 e. The van der Waals surface area contributed by atoms with Crippen LogP contribution in [-0.4, -0.2) is 63.7 Å². The number of aliphatic hydroxyl groups is 1. The fourth-order valence-corrected chi connectivity index (χ4v) is 6.02. The third kappa shape index (κ3) is 5.84. The molecule has 0 spiro atoms. The van der Waals surface area contributed by atoms with E-state index in [4.69, 9.17) is 14.5 Å². The second-order valence-corrected chi connectivity index (χ2v) is 11.7. The number of anilines is 1. The normalized spacial score (nSPS) is 14.8. The Labute approximate surface area is 265 Å². The lowest BCUT2D eigenvalue weighted by molar-refractivity contribution is -0.157. The van der Waals surface area contributed by atoms with Gasteiger partial charge in [-0.2, -0.15) is 0 Å². The standard InChI is InChI=1S/C34H35N5O7/c1-19(2)38(34(44)46-17-20-8-10-21(11-9-20)36-29(40)15-35-3)13-12-22-23-6-4-5-7-27(23)37-30-25(22)16-39-28(30)14-24-26(32(39)42)18-45-33(43)31(24)41/h4-11,14,19,31,35,41H,12-13,15-18H2,1-3H3,(H,36,40). The smallest absolute Gasteiger partial charge is 0.410 e. The van der Waals surface area contributed by atoms with Crippen molar-refractivity contribution in [1.29, 1.82) is 0 Å². The number of nitrogens with zero attached hydrogens (tertiary/aromatic N) is 3. The molecule has 2 aliphatic heterocycles. The predicted octanol–water partition coefficient (Wildman–Crippen LogP) is 3.26. The molecule has 0 radical (unpaired) electrons. The summed E-state index contributed by atoms with van der Waals surface area (Å²) in [6.07, 6.45) is -1.51. The summed E-state index contributed by atoms with van der Waals surface area (Å²) in [6, 6.07) is 16.3. The van der Waals surface area contributed by atoms with Gasteiger partial charge in [-0.15, -0.1) is 0 Å². The molecule has 2 amide bonds. The Morgan fingerprint density at radius 3 is 2.63 bits per heavy atom. The number of para-hydroxylation sites is 1. The molecule has 4 heterocycles. The van der Waals surface area contributed by atoms with Gasteiger partial charge in [-0.05, 0) is 62.7 Å². The third-order valence-electron chi connectivity index (χ3n) is 8.38. The van der Waals surface area contributed by atoms with Crippen LogP contribution >= 0.6 is 0 Å². The highest BCUT2D eigenvalue weighted by Crippen LogP contribution is 2.38. The molecule has 12 nitrogen and oxygen atoms in total. The number of aliphatic hydroxyl groups excluding tert-OH is 1. The van der Waals surface area contributed by atoms with Crippen LogP contribution in [0.15, 0.2) is 59.4 Å². The second-order valence-electron chi connectivity index (χ2n) is 11.7. The van der Waals surface area contributed by atoms with Crippen molar-refractivity contribution in [1.82, 2.24) is 19.8 Å². The van der Waals surface area contributed by atoms with Crippen LogP contribution in [-0.2, 0) is 45.2 Å². The number of hydrogen-bond donors (Lipinski definition) is 3. The predicted molar refractivity (Wildman–Crippen MR) is 170 cm³/mol. The van der Waals surface area contributed by atoms with Gasteiger partial charge in [0.25, 0.3) is 5.56 Å². The van der Waals surface area contributed by atoms with Gasteiger partial charge in [0.15, 0.2) is 6.10 Å².